The zero-order valence-electron chi connectivity index (χ0n) is 4.37. The van der Waals surface area contributed by atoms with Crippen LogP contribution < -0.4 is 0 Å². The Morgan fingerprint density at radius 3 is 3.00 bits per heavy atom. The lowest BCUT2D eigenvalue weighted by Gasteiger charge is -1.76. The van der Waals surface area contributed by atoms with Gasteiger partial charge in [0.2, 0.25) is 0 Å². The van der Waals surface area contributed by atoms with Crippen LogP contribution in [0.5, 0.6) is 0 Å². The minimum atomic E-state index is 0.668. The molecule has 1 heterocycles. The molecule has 1 aliphatic rings. The lowest BCUT2D eigenvalue weighted by Crippen LogP contribution is -1.73. The van der Waals surface area contributed by atoms with Gasteiger partial charge >= 0.3 is 0 Å². The minimum absolute atomic E-state index is 0.668. The molecule has 0 unspecified atom stereocenters. The standard InChI is InChI=1S/C5H6N2O/c1-2-4(1)5-3-6-8-7-5/h3-4H,1-2H2. The van der Waals surface area contributed by atoms with Crippen molar-refractivity contribution in [3.05, 3.63) is 11.9 Å². The second kappa shape index (κ2) is 1.31. The van der Waals surface area contributed by atoms with Crippen molar-refractivity contribution in [1.82, 2.24) is 10.3 Å². The Bertz CT molecular complexity index is 167. The molecule has 1 aliphatic carbocycles. The van der Waals surface area contributed by atoms with Gasteiger partial charge in [-0.05, 0) is 12.8 Å². The van der Waals surface area contributed by atoms with Crippen LogP contribution in [0.4, 0.5) is 0 Å². The van der Waals surface area contributed by atoms with Crippen molar-refractivity contribution in [3.63, 3.8) is 0 Å². The number of aromatic nitrogens is 2. The minimum Gasteiger partial charge on any atom is -0.244 e. The molecule has 0 spiro atoms. The molecule has 3 nitrogen and oxygen atoms in total. The lowest BCUT2D eigenvalue weighted by molar-refractivity contribution is 0.303. The number of hydrogen-bond acceptors (Lipinski definition) is 3. The summed E-state index contributed by atoms with van der Waals surface area (Å²) in [5.41, 5.74) is 1.02. The Hall–Kier alpha value is -0.860. The van der Waals surface area contributed by atoms with E-state index in [1.165, 1.54) is 12.8 Å². The molecule has 1 fully saturated rings. The van der Waals surface area contributed by atoms with Gasteiger partial charge in [-0.25, -0.2) is 4.63 Å². The van der Waals surface area contributed by atoms with Gasteiger partial charge in [-0.2, -0.15) is 0 Å². The Labute approximate surface area is 46.7 Å². The topological polar surface area (TPSA) is 38.9 Å². The fourth-order valence-corrected chi connectivity index (χ4v) is 0.731. The molecule has 8 heavy (non-hydrogen) atoms. The maximum Gasteiger partial charge on any atom is 0.108 e. The van der Waals surface area contributed by atoms with Crippen LogP contribution in [0.3, 0.4) is 0 Å². The summed E-state index contributed by atoms with van der Waals surface area (Å²) in [5.74, 6) is 0.668. The summed E-state index contributed by atoms with van der Waals surface area (Å²) in [6.45, 7) is 0. The molecule has 1 aromatic heterocycles. The number of hydrogen-bond donors (Lipinski definition) is 0. The predicted molar refractivity (Wildman–Crippen MR) is 26.3 cm³/mol. The van der Waals surface area contributed by atoms with Crippen LogP contribution in [0.2, 0.25) is 0 Å². The molecule has 0 radical (unpaired) electrons. The maximum absolute atomic E-state index is 4.42. The van der Waals surface area contributed by atoms with Crippen LogP contribution in [-0.2, 0) is 0 Å². The van der Waals surface area contributed by atoms with Gasteiger partial charge in [-0.15, -0.1) is 0 Å². The molecule has 1 saturated carbocycles. The fraction of sp³-hybridized carbons (Fsp3) is 0.600. The summed E-state index contributed by atoms with van der Waals surface area (Å²) >= 11 is 0. The Morgan fingerprint density at radius 2 is 2.50 bits per heavy atom. The number of rotatable bonds is 1. The highest BCUT2D eigenvalue weighted by Gasteiger charge is 2.26. The first-order chi connectivity index (χ1) is 3.97. The molecular weight excluding hydrogens is 104 g/mol. The summed E-state index contributed by atoms with van der Waals surface area (Å²) in [7, 11) is 0. The molecule has 0 aromatic carbocycles. The van der Waals surface area contributed by atoms with E-state index in [0.717, 1.165) is 5.69 Å². The molecule has 2 rings (SSSR count). The van der Waals surface area contributed by atoms with Gasteiger partial charge < -0.3 is 0 Å². The van der Waals surface area contributed by atoms with E-state index in [0.29, 0.717) is 5.92 Å². The first kappa shape index (κ1) is 4.06. The van der Waals surface area contributed by atoms with Crippen molar-refractivity contribution in [2.75, 3.05) is 0 Å². The van der Waals surface area contributed by atoms with Crippen molar-refractivity contribution >= 4 is 0 Å². The monoisotopic (exact) mass is 110 g/mol. The van der Waals surface area contributed by atoms with E-state index in [2.05, 4.69) is 14.9 Å². The molecule has 0 saturated heterocycles. The second-order valence-electron chi connectivity index (χ2n) is 2.11. The Morgan fingerprint density at radius 1 is 1.62 bits per heavy atom. The highest BCUT2D eigenvalue weighted by atomic mass is 16.6. The first-order valence-corrected chi connectivity index (χ1v) is 2.74. The first-order valence-electron chi connectivity index (χ1n) is 2.74. The van der Waals surface area contributed by atoms with E-state index in [4.69, 9.17) is 0 Å². The largest absolute Gasteiger partial charge is 0.244 e. The predicted octanol–water partition coefficient (Wildman–Crippen LogP) is 0.947. The van der Waals surface area contributed by atoms with Gasteiger partial charge in [0.15, 0.2) is 0 Å². The molecular formula is C5H6N2O. The van der Waals surface area contributed by atoms with Crippen LogP contribution in [0, 0.1) is 0 Å². The van der Waals surface area contributed by atoms with Crippen LogP contribution in [-0.4, -0.2) is 10.3 Å². The van der Waals surface area contributed by atoms with Crippen LogP contribution >= 0.6 is 0 Å². The Kier molecular flexibility index (Phi) is 0.664. The molecule has 0 bridgehead atoms. The van der Waals surface area contributed by atoms with Crippen molar-refractivity contribution in [3.8, 4) is 0 Å². The molecule has 1 aromatic rings. The third kappa shape index (κ3) is 0.510. The number of nitrogens with zero attached hydrogens (tertiary/aromatic N) is 2. The molecule has 0 N–H and O–H groups in total. The van der Waals surface area contributed by atoms with Gasteiger partial charge in [-0.1, -0.05) is 10.3 Å². The van der Waals surface area contributed by atoms with Gasteiger partial charge in [0.25, 0.3) is 0 Å². The summed E-state index contributed by atoms with van der Waals surface area (Å²) in [6.07, 6.45) is 4.21. The molecule has 0 atom stereocenters. The van der Waals surface area contributed by atoms with Crippen molar-refractivity contribution < 1.29 is 4.63 Å². The Balaban J connectivity index is 2.28. The SMILES string of the molecule is c1nonc1C1CC1. The van der Waals surface area contributed by atoms with E-state index < -0.39 is 0 Å². The fourth-order valence-electron chi connectivity index (χ4n) is 0.731. The quantitative estimate of drug-likeness (QED) is 0.540. The molecule has 0 aliphatic heterocycles. The third-order valence-corrected chi connectivity index (χ3v) is 1.37. The average molecular weight is 110 g/mol. The third-order valence-electron chi connectivity index (χ3n) is 1.37. The van der Waals surface area contributed by atoms with Gasteiger partial charge in [-0.3, -0.25) is 0 Å². The average Bonchev–Trinajstić information content (AvgIpc) is 2.49. The molecule has 3 heteroatoms. The molecule has 0 amide bonds. The normalized spacial score (nSPS) is 19.0. The van der Waals surface area contributed by atoms with Crippen LogP contribution in [0.1, 0.15) is 24.5 Å². The van der Waals surface area contributed by atoms with E-state index in [9.17, 15) is 0 Å². The van der Waals surface area contributed by atoms with E-state index in [-0.39, 0.29) is 0 Å². The second-order valence-corrected chi connectivity index (χ2v) is 2.11. The maximum atomic E-state index is 4.42. The zero-order chi connectivity index (χ0) is 5.40. The van der Waals surface area contributed by atoms with Crippen LogP contribution in [0.25, 0.3) is 0 Å². The van der Waals surface area contributed by atoms with E-state index >= 15 is 0 Å². The highest BCUT2D eigenvalue weighted by Crippen LogP contribution is 2.38. The van der Waals surface area contributed by atoms with E-state index in [1.807, 2.05) is 0 Å². The van der Waals surface area contributed by atoms with Crippen LogP contribution in [0.15, 0.2) is 10.8 Å². The van der Waals surface area contributed by atoms with E-state index in [1.54, 1.807) is 6.20 Å². The molecule has 42 valence electrons. The lowest BCUT2D eigenvalue weighted by atomic mass is 10.3. The zero-order valence-corrected chi connectivity index (χ0v) is 4.37. The van der Waals surface area contributed by atoms with Crippen molar-refractivity contribution in [2.24, 2.45) is 0 Å². The smallest absolute Gasteiger partial charge is 0.108 e. The van der Waals surface area contributed by atoms with Crippen molar-refractivity contribution in [2.45, 2.75) is 18.8 Å². The summed E-state index contributed by atoms with van der Waals surface area (Å²) in [4.78, 5) is 0. The van der Waals surface area contributed by atoms with Gasteiger partial charge in [0, 0.05) is 5.92 Å². The summed E-state index contributed by atoms with van der Waals surface area (Å²) < 4.78 is 4.42. The highest BCUT2D eigenvalue weighted by molar-refractivity contribution is 5.07. The summed E-state index contributed by atoms with van der Waals surface area (Å²) in [6, 6.07) is 0. The van der Waals surface area contributed by atoms with Gasteiger partial charge in [0.05, 0.1) is 6.20 Å². The summed E-state index contributed by atoms with van der Waals surface area (Å²) in [5, 5.41) is 7.19. The van der Waals surface area contributed by atoms with Gasteiger partial charge in [0.1, 0.15) is 5.69 Å². The van der Waals surface area contributed by atoms with Crippen molar-refractivity contribution in [1.29, 1.82) is 0 Å².